The minimum atomic E-state index is -0.545. The van der Waals surface area contributed by atoms with Gasteiger partial charge in [0.25, 0.3) is 11.5 Å². The number of amides is 1. The summed E-state index contributed by atoms with van der Waals surface area (Å²) < 4.78 is 3.28. The van der Waals surface area contributed by atoms with Crippen molar-refractivity contribution < 1.29 is 9.78 Å². The fourth-order valence-corrected chi connectivity index (χ4v) is 4.17. The van der Waals surface area contributed by atoms with Gasteiger partial charge < -0.3 is 5.32 Å². The van der Waals surface area contributed by atoms with Crippen LogP contribution in [-0.4, -0.2) is 25.2 Å². The summed E-state index contributed by atoms with van der Waals surface area (Å²) in [5, 5.41) is 8.28. The number of aromatic nitrogens is 5. The van der Waals surface area contributed by atoms with E-state index in [1.165, 1.54) is 6.20 Å². The van der Waals surface area contributed by atoms with Gasteiger partial charge in [0, 0.05) is 30.2 Å². The SMILES string of the molecule is CC(NC(=O)c1ncc[nH+]c1N)c1cc2cccc(C#Cc3cnn(C)c3)c2c(=O)n1-c1ccccc1. The highest BCUT2D eigenvalue weighted by Gasteiger charge is 2.22. The standard InChI is InChI=1S/C28H23N7O2/c1-18(33-27(36)25-26(29)31-14-13-30-25)23-15-21-8-6-7-20(12-11-19-16-32-34(2)17-19)24(21)28(37)35(23)22-9-4-3-5-10-22/h3-10,13-18H,1-2H3,(H2,29,31)(H,33,36)/p+1. The second-order valence-corrected chi connectivity index (χ2v) is 8.51. The Labute approximate surface area is 212 Å². The van der Waals surface area contributed by atoms with E-state index < -0.39 is 11.9 Å². The second kappa shape index (κ2) is 9.79. The van der Waals surface area contributed by atoms with Gasteiger partial charge in [0.15, 0.2) is 0 Å². The normalized spacial score (nSPS) is 11.5. The number of fused-ring (bicyclic) bond motifs is 1. The van der Waals surface area contributed by atoms with Crippen molar-refractivity contribution in [1.82, 2.24) is 24.6 Å². The molecule has 0 radical (unpaired) electrons. The molecule has 5 aromatic rings. The zero-order chi connectivity index (χ0) is 25.9. The van der Waals surface area contributed by atoms with Gasteiger partial charge in [-0.3, -0.25) is 24.6 Å². The fraction of sp³-hybridized carbons (Fsp3) is 0.107. The van der Waals surface area contributed by atoms with Crippen LogP contribution in [0.15, 0.2) is 84.2 Å². The van der Waals surface area contributed by atoms with Crippen LogP contribution in [0.2, 0.25) is 0 Å². The van der Waals surface area contributed by atoms with Crippen LogP contribution in [0.1, 0.15) is 40.3 Å². The number of nitrogen functional groups attached to an aromatic ring is 1. The number of hydrogen-bond donors (Lipinski definition) is 2. The molecule has 0 saturated heterocycles. The van der Waals surface area contributed by atoms with Crippen LogP contribution in [0, 0.1) is 11.8 Å². The van der Waals surface area contributed by atoms with Crippen LogP contribution in [0.5, 0.6) is 0 Å². The summed E-state index contributed by atoms with van der Waals surface area (Å²) in [6, 6.07) is 16.2. The van der Waals surface area contributed by atoms with Crippen molar-refractivity contribution in [3.8, 4) is 17.5 Å². The van der Waals surface area contributed by atoms with Crippen molar-refractivity contribution in [2.75, 3.05) is 5.73 Å². The smallest absolute Gasteiger partial charge is 0.302 e. The lowest BCUT2D eigenvalue weighted by atomic mass is 10.0. The van der Waals surface area contributed by atoms with E-state index in [-0.39, 0.29) is 17.1 Å². The molecule has 3 heterocycles. The minimum Gasteiger partial charge on any atom is -0.342 e. The van der Waals surface area contributed by atoms with E-state index in [4.69, 9.17) is 5.73 Å². The van der Waals surface area contributed by atoms with Crippen LogP contribution in [0.3, 0.4) is 0 Å². The number of carbonyl (C=O) groups is 1. The Balaban J connectivity index is 1.65. The molecule has 182 valence electrons. The van der Waals surface area contributed by atoms with Crippen molar-refractivity contribution in [1.29, 1.82) is 0 Å². The van der Waals surface area contributed by atoms with Gasteiger partial charge in [-0.05, 0) is 36.6 Å². The first kappa shape index (κ1) is 23.5. The van der Waals surface area contributed by atoms with E-state index in [2.05, 4.69) is 32.2 Å². The number of anilines is 1. The lowest BCUT2D eigenvalue weighted by molar-refractivity contribution is -0.361. The van der Waals surface area contributed by atoms with Crippen molar-refractivity contribution in [3.63, 3.8) is 0 Å². The number of nitrogens with two attached hydrogens (primary N) is 1. The van der Waals surface area contributed by atoms with Gasteiger partial charge in [-0.25, -0.2) is 9.97 Å². The van der Waals surface area contributed by atoms with Gasteiger partial charge in [0.05, 0.1) is 29.4 Å². The first-order valence-electron chi connectivity index (χ1n) is 11.6. The molecule has 0 aliphatic rings. The van der Waals surface area contributed by atoms with Gasteiger partial charge in [0.2, 0.25) is 5.69 Å². The molecule has 2 aromatic carbocycles. The summed E-state index contributed by atoms with van der Waals surface area (Å²) in [5.41, 5.74) is 8.37. The Morgan fingerprint density at radius 1 is 1.14 bits per heavy atom. The lowest BCUT2D eigenvalue weighted by Crippen LogP contribution is -2.34. The van der Waals surface area contributed by atoms with E-state index in [1.807, 2.05) is 74.8 Å². The van der Waals surface area contributed by atoms with Gasteiger partial charge in [-0.2, -0.15) is 5.10 Å². The largest absolute Gasteiger partial charge is 0.342 e. The number of aromatic amines is 1. The summed E-state index contributed by atoms with van der Waals surface area (Å²) >= 11 is 0. The predicted molar refractivity (Wildman–Crippen MR) is 140 cm³/mol. The number of hydrogen-bond acceptors (Lipinski definition) is 5. The molecule has 9 heteroatoms. The molecule has 1 amide bonds. The second-order valence-electron chi connectivity index (χ2n) is 8.51. The molecule has 5 rings (SSSR count). The first-order chi connectivity index (χ1) is 17.9. The monoisotopic (exact) mass is 490 g/mol. The Bertz CT molecular complexity index is 1740. The van der Waals surface area contributed by atoms with Crippen molar-refractivity contribution in [2.24, 2.45) is 7.05 Å². The number of benzene rings is 2. The molecule has 0 bridgehead atoms. The number of pyridine rings is 1. The van der Waals surface area contributed by atoms with Crippen molar-refractivity contribution in [2.45, 2.75) is 13.0 Å². The topological polar surface area (TPSA) is 122 Å². The minimum absolute atomic E-state index is 0.0803. The number of rotatable bonds is 4. The Morgan fingerprint density at radius 3 is 2.68 bits per heavy atom. The highest BCUT2D eigenvalue weighted by atomic mass is 16.2. The predicted octanol–water partition coefficient (Wildman–Crippen LogP) is 2.41. The molecule has 1 atom stereocenters. The molecule has 4 N–H and O–H groups in total. The number of nitrogens with zero attached hydrogens (tertiary/aromatic N) is 4. The van der Waals surface area contributed by atoms with Crippen LogP contribution in [0.4, 0.5) is 5.82 Å². The molecule has 0 aliphatic carbocycles. The average Bonchev–Trinajstić information content (AvgIpc) is 3.32. The van der Waals surface area contributed by atoms with Crippen LogP contribution in [0.25, 0.3) is 16.5 Å². The van der Waals surface area contributed by atoms with Gasteiger partial charge in [-0.1, -0.05) is 42.2 Å². The van der Waals surface area contributed by atoms with Crippen LogP contribution < -0.4 is 21.6 Å². The molecule has 3 aromatic heterocycles. The van der Waals surface area contributed by atoms with E-state index in [9.17, 15) is 9.59 Å². The number of para-hydroxylation sites is 1. The average molecular weight is 491 g/mol. The van der Waals surface area contributed by atoms with Crippen molar-refractivity contribution in [3.05, 3.63) is 112 Å². The maximum atomic E-state index is 14.0. The van der Waals surface area contributed by atoms with E-state index >= 15 is 0 Å². The number of aryl methyl sites for hydroxylation is 1. The zero-order valence-electron chi connectivity index (χ0n) is 20.3. The summed E-state index contributed by atoms with van der Waals surface area (Å²) in [4.78, 5) is 33.8. The molecule has 0 spiro atoms. The quantitative estimate of drug-likeness (QED) is 0.375. The van der Waals surface area contributed by atoms with Gasteiger partial charge >= 0.3 is 5.82 Å². The van der Waals surface area contributed by atoms with E-state index in [0.29, 0.717) is 22.3 Å². The summed E-state index contributed by atoms with van der Waals surface area (Å²) in [7, 11) is 1.82. The number of H-pyrrole nitrogens is 1. The van der Waals surface area contributed by atoms with Gasteiger partial charge in [0.1, 0.15) is 6.20 Å². The Hall–Kier alpha value is -5.23. The highest BCUT2D eigenvalue weighted by Crippen LogP contribution is 2.23. The van der Waals surface area contributed by atoms with Crippen LogP contribution >= 0.6 is 0 Å². The molecule has 0 fully saturated rings. The Morgan fingerprint density at radius 2 is 1.95 bits per heavy atom. The fourth-order valence-electron chi connectivity index (χ4n) is 4.17. The molecule has 1 unspecified atom stereocenters. The van der Waals surface area contributed by atoms with Gasteiger partial charge in [-0.15, -0.1) is 0 Å². The number of carbonyl (C=O) groups excluding carboxylic acids is 1. The third-order valence-electron chi connectivity index (χ3n) is 5.91. The highest BCUT2D eigenvalue weighted by molar-refractivity contribution is 5.96. The first-order valence-corrected chi connectivity index (χ1v) is 11.6. The molecule has 9 nitrogen and oxygen atoms in total. The maximum Gasteiger partial charge on any atom is 0.302 e. The number of nitrogens with one attached hydrogen (secondary N) is 2. The third-order valence-corrected chi connectivity index (χ3v) is 5.91. The summed E-state index contributed by atoms with van der Waals surface area (Å²) in [5.74, 6) is 5.92. The molecular weight excluding hydrogens is 466 g/mol. The summed E-state index contributed by atoms with van der Waals surface area (Å²) in [6.45, 7) is 1.81. The maximum absolute atomic E-state index is 14.0. The lowest BCUT2D eigenvalue weighted by Gasteiger charge is -2.21. The summed E-state index contributed by atoms with van der Waals surface area (Å²) in [6.07, 6.45) is 6.49. The van der Waals surface area contributed by atoms with E-state index in [1.54, 1.807) is 21.6 Å². The third kappa shape index (κ3) is 4.68. The van der Waals surface area contributed by atoms with Crippen molar-refractivity contribution >= 4 is 22.5 Å². The Kier molecular flexibility index (Phi) is 6.22. The molecular formula is C28H24N7O2+. The molecule has 37 heavy (non-hydrogen) atoms. The molecule has 0 saturated carbocycles. The molecule has 0 aliphatic heterocycles. The van der Waals surface area contributed by atoms with Crippen LogP contribution in [-0.2, 0) is 7.05 Å². The zero-order valence-corrected chi connectivity index (χ0v) is 20.3. The van der Waals surface area contributed by atoms with E-state index in [0.717, 1.165) is 10.9 Å².